The zero-order valence-electron chi connectivity index (χ0n) is 15.5. The zero-order chi connectivity index (χ0) is 19.1. The highest BCUT2D eigenvalue weighted by Crippen LogP contribution is 2.30. The lowest BCUT2D eigenvalue weighted by Gasteiger charge is -2.15. The molecular formula is C21H25Cl2NO3. The molecule has 6 heteroatoms. The summed E-state index contributed by atoms with van der Waals surface area (Å²) >= 11 is 12.2. The van der Waals surface area contributed by atoms with Gasteiger partial charge in [-0.1, -0.05) is 35.3 Å². The number of benzene rings is 2. The summed E-state index contributed by atoms with van der Waals surface area (Å²) in [6.45, 7) is 5.41. The van der Waals surface area contributed by atoms with Crippen LogP contribution in [-0.2, 0) is 17.9 Å². The second kappa shape index (κ2) is 10.2. The number of hydrogen-bond donors (Lipinski definition) is 1. The molecule has 1 aliphatic heterocycles. The molecule has 0 aromatic heterocycles. The van der Waals surface area contributed by atoms with Gasteiger partial charge in [0.15, 0.2) is 11.5 Å². The first-order valence-corrected chi connectivity index (χ1v) is 10.1. The first-order chi connectivity index (χ1) is 13.2. The van der Waals surface area contributed by atoms with Crippen LogP contribution in [0.4, 0.5) is 0 Å². The van der Waals surface area contributed by atoms with E-state index in [4.69, 9.17) is 37.4 Å². The molecule has 2 aromatic carbocycles. The predicted molar refractivity (Wildman–Crippen MR) is 109 cm³/mol. The second-order valence-corrected chi connectivity index (χ2v) is 7.35. The van der Waals surface area contributed by atoms with E-state index in [1.165, 1.54) is 0 Å². The van der Waals surface area contributed by atoms with Crippen LogP contribution in [0.15, 0.2) is 36.4 Å². The van der Waals surface area contributed by atoms with Gasteiger partial charge in [0.1, 0.15) is 6.61 Å². The van der Waals surface area contributed by atoms with E-state index in [1.54, 1.807) is 12.1 Å². The van der Waals surface area contributed by atoms with E-state index in [2.05, 4.69) is 5.32 Å². The molecule has 1 saturated heterocycles. The molecule has 0 radical (unpaired) electrons. The van der Waals surface area contributed by atoms with Crippen LogP contribution in [0.1, 0.15) is 30.9 Å². The fourth-order valence-corrected chi connectivity index (χ4v) is 3.49. The van der Waals surface area contributed by atoms with Gasteiger partial charge in [-0.15, -0.1) is 0 Å². The summed E-state index contributed by atoms with van der Waals surface area (Å²) in [4.78, 5) is 0. The van der Waals surface area contributed by atoms with Crippen molar-refractivity contribution in [3.63, 3.8) is 0 Å². The van der Waals surface area contributed by atoms with Crippen molar-refractivity contribution in [2.75, 3.05) is 19.8 Å². The number of ether oxygens (including phenoxy) is 3. The van der Waals surface area contributed by atoms with Crippen LogP contribution < -0.4 is 14.8 Å². The summed E-state index contributed by atoms with van der Waals surface area (Å²) in [6.07, 6.45) is 2.63. The van der Waals surface area contributed by atoms with Crippen LogP contribution in [0.5, 0.6) is 11.5 Å². The lowest BCUT2D eigenvalue weighted by Crippen LogP contribution is -2.25. The van der Waals surface area contributed by atoms with E-state index in [9.17, 15) is 0 Å². The largest absolute Gasteiger partial charge is 0.490 e. The van der Waals surface area contributed by atoms with Gasteiger partial charge in [0.25, 0.3) is 0 Å². The minimum absolute atomic E-state index is 0.336. The molecule has 0 saturated carbocycles. The lowest BCUT2D eigenvalue weighted by molar-refractivity contribution is 0.110. The fourth-order valence-electron chi connectivity index (χ4n) is 3.03. The molecule has 1 aliphatic rings. The molecule has 0 aliphatic carbocycles. The normalized spacial score (nSPS) is 16.5. The molecule has 1 fully saturated rings. The monoisotopic (exact) mass is 409 g/mol. The molecule has 4 nitrogen and oxygen atoms in total. The van der Waals surface area contributed by atoms with Crippen LogP contribution in [0.25, 0.3) is 0 Å². The van der Waals surface area contributed by atoms with Crippen molar-refractivity contribution in [2.24, 2.45) is 0 Å². The Hall–Kier alpha value is -1.46. The van der Waals surface area contributed by atoms with E-state index in [0.717, 1.165) is 49.4 Å². The Kier molecular flexibility index (Phi) is 7.65. The molecule has 146 valence electrons. The van der Waals surface area contributed by atoms with E-state index in [0.29, 0.717) is 35.1 Å². The number of rotatable bonds is 9. The molecule has 0 bridgehead atoms. The van der Waals surface area contributed by atoms with Crippen LogP contribution in [0, 0.1) is 0 Å². The molecule has 1 N–H and O–H groups in total. The third kappa shape index (κ3) is 6.01. The summed E-state index contributed by atoms with van der Waals surface area (Å²) in [6, 6.07) is 11.4. The highest BCUT2D eigenvalue weighted by atomic mass is 35.5. The van der Waals surface area contributed by atoms with Gasteiger partial charge in [-0.3, -0.25) is 0 Å². The molecule has 3 rings (SSSR count). The van der Waals surface area contributed by atoms with Crippen LogP contribution in [-0.4, -0.2) is 25.9 Å². The van der Waals surface area contributed by atoms with E-state index < -0.39 is 0 Å². The summed E-state index contributed by atoms with van der Waals surface area (Å²) in [5.41, 5.74) is 2.03. The zero-order valence-corrected chi connectivity index (χ0v) is 17.0. The third-order valence-electron chi connectivity index (χ3n) is 4.43. The van der Waals surface area contributed by atoms with Gasteiger partial charge < -0.3 is 19.5 Å². The van der Waals surface area contributed by atoms with Crippen molar-refractivity contribution in [3.8, 4) is 11.5 Å². The standard InChI is InChI=1S/C21H25Cl2NO3/c1-2-25-21-10-15(12-24-13-18-4-3-9-26-18)5-8-20(21)27-14-16-6-7-17(22)11-19(16)23/h5-8,10-11,18,24H,2-4,9,12-14H2,1H3/t18-/m0/s1. The van der Waals surface area contributed by atoms with Gasteiger partial charge >= 0.3 is 0 Å². The first-order valence-electron chi connectivity index (χ1n) is 9.30. The van der Waals surface area contributed by atoms with Crippen molar-refractivity contribution >= 4 is 23.2 Å². The maximum atomic E-state index is 6.22. The van der Waals surface area contributed by atoms with Crippen molar-refractivity contribution < 1.29 is 14.2 Å². The number of hydrogen-bond acceptors (Lipinski definition) is 4. The average molecular weight is 410 g/mol. The summed E-state index contributed by atoms with van der Waals surface area (Å²) in [5, 5.41) is 4.65. The Morgan fingerprint density at radius 2 is 2.00 bits per heavy atom. The molecule has 2 aromatic rings. The number of nitrogens with one attached hydrogen (secondary N) is 1. The molecule has 1 atom stereocenters. The maximum absolute atomic E-state index is 6.22. The van der Waals surface area contributed by atoms with Crippen molar-refractivity contribution in [1.29, 1.82) is 0 Å². The van der Waals surface area contributed by atoms with Crippen LogP contribution >= 0.6 is 23.2 Å². The predicted octanol–water partition coefficient (Wildman–Crippen LogP) is 5.24. The maximum Gasteiger partial charge on any atom is 0.161 e. The summed E-state index contributed by atoms with van der Waals surface area (Å²) < 4.78 is 17.3. The molecule has 0 amide bonds. The Bertz CT molecular complexity index is 748. The SMILES string of the molecule is CCOc1cc(CNC[C@@H]2CCCO2)ccc1OCc1ccc(Cl)cc1Cl. The van der Waals surface area contributed by atoms with Gasteiger partial charge in [-0.2, -0.15) is 0 Å². The van der Waals surface area contributed by atoms with Gasteiger partial charge in [0, 0.05) is 35.3 Å². The highest BCUT2D eigenvalue weighted by molar-refractivity contribution is 6.35. The lowest BCUT2D eigenvalue weighted by atomic mass is 10.2. The second-order valence-electron chi connectivity index (χ2n) is 6.50. The topological polar surface area (TPSA) is 39.7 Å². The van der Waals surface area contributed by atoms with Gasteiger partial charge in [0.05, 0.1) is 12.7 Å². The average Bonchev–Trinajstić information content (AvgIpc) is 3.16. The quantitative estimate of drug-likeness (QED) is 0.614. The van der Waals surface area contributed by atoms with Gasteiger partial charge in [-0.25, -0.2) is 0 Å². The highest BCUT2D eigenvalue weighted by Gasteiger charge is 2.15. The Morgan fingerprint density at radius 3 is 2.74 bits per heavy atom. The summed E-state index contributed by atoms with van der Waals surface area (Å²) in [5.74, 6) is 1.43. The molecule has 1 heterocycles. The van der Waals surface area contributed by atoms with Crippen molar-refractivity contribution in [2.45, 2.75) is 39.0 Å². The Balaban J connectivity index is 1.60. The molecule has 0 unspecified atom stereocenters. The van der Waals surface area contributed by atoms with E-state index >= 15 is 0 Å². The molecular weight excluding hydrogens is 385 g/mol. The number of halogens is 2. The fraction of sp³-hybridized carbons (Fsp3) is 0.429. The van der Waals surface area contributed by atoms with Crippen LogP contribution in [0.3, 0.4) is 0 Å². The van der Waals surface area contributed by atoms with Crippen molar-refractivity contribution in [1.82, 2.24) is 5.32 Å². The summed E-state index contributed by atoms with van der Waals surface area (Å²) in [7, 11) is 0. The van der Waals surface area contributed by atoms with Gasteiger partial charge in [0.2, 0.25) is 0 Å². The van der Waals surface area contributed by atoms with Crippen molar-refractivity contribution in [3.05, 3.63) is 57.6 Å². The minimum Gasteiger partial charge on any atom is -0.490 e. The van der Waals surface area contributed by atoms with E-state index in [1.807, 2.05) is 31.2 Å². The minimum atomic E-state index is 0.336. The Labute approximate surface area is 170 Å². The van der Waals surface area contributed by atoms with Crippen LogP contribution in [0.2, 0.25) is 10.0 Å². The first kappa shape index (κ1) is 20.3. The molecule has 27 heavy (non-hydrogen) atoms. The van der Waals surface area contributed by atoms with E-state index in [-0.39, 0.29) is 0 Å². The molecule has 0 spiro atoms. The smallest absolute Gasteiger partial charge is 0.161 e. The van der Waals surface area contributed by atoms with Gasteiger partial charge in [-0.05, 0) is 49.6 Å². The Morgan fingerprint density at radius 1 is 1.11 bits per heavy atom. The third-order valence-corrected chi connectivity index (χ3v) is 5.02.